The third-order valence-electron chi connectivity index (χ3n) is 20.2. The van der Waals surface area contributed by atoms with Crippen LogP contribution >= 0.6 is 15.6 Å². The van der Waals surface area contributed by atoms with Crippen LogP contribution in [0.4, 0.5) is 0 Å². The molecule has 0 aliphatic heterocycles. The first-order chi connectivity index (χ1) is 50.9. The lowest BCUT2D eigenvalue weighted by molar-refractivity contribution is -0.161. The summed E-state index contributed by atoms with van der Waals surface area (Å²) < 4.78 is 68.9. The van der Waals surface area contributed by atoms with Crippen LogP contribution in [-0.2, 0) is 65.4 Å². The number of phosphoric acid groups is 2. The SMILES string of the molecule is CCCCCCCCCCCCCCCCCCCCCCCC(=O)O[C@H](COC(=O)CCCCCCCCCCCCCCCCC(C)C)COP(=O)(O)OC[C@@H](O)COP(=O)(O)OC[C@@H](COC(=O)CCCCCCCCCCCCC)OC(=O)CCCCCCCCCCCCCCCC(C)C. The average molecular weight is 1540 g/mol. The number of aliphatic hydroxyl groups excluding tert-OH is 1. The number of aliphatic hydroxyl groups is 1. The number of hydrogen-bond acceptors (Lipinski definition) is 15. The minimum atomic E-state index is -4.97. The van der Waals surface area contributed by atoms with Gasteiger partial charge >= 0.3 is 39.5 Å². The van der Waals surface area contributed by atoms with Crippen molar-refractivity contribution in [3.8, 4) is 0 Å². The Hall–Kier alpha value is -1.94. The molecule has 0 aliphatic rings. The molecule has 0 fully saturated rings. The fourth-order valence-corrected chi connectivity index (χ4v) is 15.0. The molecule has 19 heteroatoms. The molecular weight excluding hydrogens is 1370 g/mol. The molecule has 0 aromatic carbocycles. The molecule has 5 atom stereocenters. The number of ether oxygens (including phenoxy) is 4. The molecule has 0 saturated heterocycles. The van der Waals surface area contributed by atoms with Gasteiger partial charge in [-0.15, -0.1) is 0 Å². The highest BCUT2D eigenvalue weighted by molar-refractivity contribution is 7.47. The Bertz CT molecular complexity index is 2010. The quantitative estimate of drug-likeness (QED) is 0.0222. The third-order valence-corrected chi connectivity index (χ3v) is 22.1. The number of carbonyl (C=O) groups excluding carboxylic acids is 4. The maximum atomic E-state index is 13.1. The van der Waals surface area contributed by atoms with Crippen LogP contribution < -0.4 is 0 Å². The minimum absolute atomic E-state index is 0.108. The Morgan fingerprint density at radius 3 is 0.648 bits per heavy atom. The van der Waals surface area contributed by atoms with E-state index in [1.165, 1.54) is 276 Å². The van der Waals surface area contributed by atoms with E-state index < -0.39 is 97.5 Å². The lowest BCUT2D eigenvalue weighted by atomic mass is 10.0. The molecule has 105 heavy (non-hydrogen) atoms. The largest absolute Gasteiger partial charge is 0.472 e. The van der Waals surface area contributed by atoms with Gasteiger partial charge in [0.05, 0.1) is 26.4 Å². The lowest BCUT2D eigenvalue weighted by Crippen LogP contribution is -2.30. The summed E-state index contributed by atoms with van der Waals surface area (Å²) in [6, 6.07) is 0. The smallest absolute Gasteiger partial charge is 0.462 e. The summed E-state index contributed by atoms with van der Waals surface area (Å²) in [6.45, 7) is 9.71. The second-order valence-corrected chi connectivity index (χ2v) is 34.8. The molecule has 0 spiro atoms. The monoisotopic (exact) mass is 1540 g/mol. The second-order valence-electron chi connectivity index (χ2n) is 31.9. The van der Waals surface area contributed by atoms with Gasteiger partial charge in [-0.2, -0.15) is 0 Å². The lowest BCUT2D eigenvalue weighted by Gasteiger charge is -2.21. The number of unbranched alkanes of at least 4 members (excludes halogenated alkanes) is 55. The zero-order chi connectivity index (χ0) is 77.1. The molecular formula is C86H168O17P2. The van der Waals surface area contributed by atoms with E-state index in [4.69, 9.17) is 37.0 Å². The summed E-state index contributed by atoms with van der Waals surface area (Å²) in [5.74, 6) is -0.515. The molecule has 0 aromatic heterocycles. The molecule has 0 saturated carbocycles. The van der Waals surface area contributed by atoms with Crippen LogP contribution in [0.25, 0.3) is 0 Å². The van der Waals surface area contributed by atoms with Crippen LogP contribution in [0.15, 0.2) is 0 Å². The molecule has 0 radical (unpaired) electrons. The summed E-state index contributed by atoms with van der Waals surface area (Å²) in [5.41, 5.74) is 0. The van der Waals surface area contributed by atoms with Crippen LogP contribution in [0, 0.1) is 11.8 Å². The van der Waals surface area contributed by atoms with E-state index in [0.717, 1.165) is 102 Å². The molecule has 624 valence electrons. The van der Waals surface area contributed by atoms with Gasteiger partial charge in [-0.1, -0.05) is 408 Å². The van der Waals surface area contributed by atoms with Crippen molar-refractivity contribution in [1.29, 1.82) is 0 Å². The van der Waals surface area contributed by atoms with Crippen molar-refractivity contribution in [3.05, 3.63) is 0 Å². The highest BCUT2D eigenvalue weighted by Crippen LogP contribution is 2.45. The summed E-state index contributed by atoms with van der Waals surface area (Å²) in [5, 5.41) is 10.7. The van der Waals surface area contributed by atoms with Crippen molar-refractivity contribution >= 4 is 39.5 Å². The van der Waals surface area contributed by atoms with E-state index in [9.17, 15) is 43.2 Å². The van der Waals surface area contributed by atoms with Gasteiger partial charge in [0.2, 0.25) is 0 Å². The fourth-order valence-electron chi connectivity index (χ4n) is 13.4. The van der Waals surface area contributed by atoms with E-state index in [2.05, 4.69) is 41.5 Å². The molecule has 0 amide bonds. The van der Waals surface area contributed by atoms with Crippen LogP contribution in [0.5, 0.6) is 0 Å². The molecule has 0 heterocycles. The van der Waals surface area contributed by atoms with Gasteiger partial charge in [-0.25, -0.2) is 9.13 Å². The standard InChI is InChI=1S/C86H168O17P2/c1-7-9-11-13-15-17-19-20-21-22-23-24-25-26-27-34-40-46-52-58-64-70-85(90)103-82(75-97-84(89)69-63-57-51-45-39-33-29-28-31-37-42-48-54-60-66-78(3)4)77-101-105(94,95)99-73-80(87)72-98-104(92,93)100-76-81(74-96-83(88)68-62-56-50-44-36-18-16-14-12-10-8-2)102-86(91)71-65-59-53-47-41-35-30-32-38-43-49-55-61-67-79(5)6/h78-82,87H,7-77H2,1-6H3,(H,92,93)(H,94,95)/t80-,81+,82+/m0/s1. The van der Waals surface area contributed by atoms with E-state index in [0.29, 0.717) is 25.7 Å². The molecule has 0 bridgehead atoms. The van der Waals surface area contributed by atoms with E-state index in [-0.39, 0.29) is 25.7 Å². The number of carbonyl (C=O) groups is 4. The van der Waals surface area contributed by atoms with Gasteiger partial charge in [0.15, 0.2) is 12.2 Å². The number of esters is 4. The van der Waals surface area contributed by atoms with Crippen molar-refractivity contribution in [2.75, 3.05) is 39.6 Å². The maximum Gasteiger partial charge on any atom is 0.472 e. The Labute approximate surface area is 645 Å². The predicted octanol–water partition coefficient (Wildman–Crippen LogP) is 26.2. The van der Waals surface area contributed by atoms with Gasteiger partial charge in [0, 0.05) is 25.7 Å². The zero-order valence-corrected chi connectivity index (χ0v) is 70.8. The molecule has 0 aromatic rings. The Kier molecular flexibility index (Phi) is 76.0. The first kappa shape index (κ1) is 103. The van der Waals surface area contributed by atoms with E-state index in [1.54, 1.807) is 0 Å². The van der Waals surface area contributed by atoms with Crippen LogP contribution in [0.3, 0.4) is 0 Å². The third kappa shape index (κ3) is 79.9. The highest BCUT2D eigenvalue weighted by atomic mass is 31.2. The molecule has 17 nitrogen and oxygen atoms in total. The summed E-state index contributed by atoms with van der Waals surface area (Å²) in [6.07, 6.45) is 69.4. The Morgan fingerprint density at radius 1 is 0.257 bits per heavy atom. The highest BCUT2D eigenvalue weighted by Gasteiger charge is 2.30. The Balaban J connectivity index is 5.24. The fraction of sp³-hybridized carbons (Fsp3) is 0.953. The van der Waals surface area contributed by atoms with E-state index >= 15 is 0 Å². The summed E-state index contributed by atoms with van der Waals surface area (Å²) >= 11 is 0. The van der Waals surface area contributed by atoms with Crippen molar-refractivity contribution in [2.24, 2.45) is 11.8 Å². The molecule has 3 N–H and O–H groups in total. The average Bonchev–Trinajstić information content (AvgIpc) is 0.909. The first-order valence-corrected chi connectivity index (χ1v) is 47.5. The van der Waals surface area contributed by atoms with Gasteiger partial charge in [-0.05, 0) is 37.5 Å². The van der Waals surface area contributed by atoms with Gasteiger partial charge < -0.3 is 33.8 Å². The first-order valence-electron chi connectivity index (χ1n) is 44.5. The van der Waals surface area contributed by atoms with Crippen molar-refractivity contribution in [3.63, 3.8) is 0 Å². The van der Waals surface area contributed by atoms with Gasteiger partial charge in [0.25, 0.3) is 0 Å². The number of hydrogen-bond donors (Lipinski definition) is 3. The summed E-state index contributed by atoms with van der Waals surface area (Å²) in [4.78, 5) is 73.2. The summed E-state index contributed by atoms with van der Waals surface area (Å²) in [7, 11) is -9.93. The van der Waals surface area contributed by atoms with Gasteiger partial charge in [-0.3, -0.25) is 37.3 Å². The van der Waals surface area contributed by atoms with Crippen LogP contribution in [-0.4, -0.2) is 96.7 Å². The minimum Gasteiger partial charge on any atom is -0.462 e. The van der Waals surface area contributed by atoms with Crippen LogP contribution in [0.1, 0.15) is 459 Å². The topological polar surface area (TPSA) is 237 Å². The maximum absolute atomic E-state index is 13.1. The van der Waals surface area contributed by atoms with Crippen molar-refractivity contribution < 1.29 is 80.2 Å². The molecule has 0 rings (SSSR count). The van der Waals surface area contributed by atoms with Gasteiger partial charge in [0.1, 0.15) is 19.3 Å². The Morgan fingerprint density at radius 2 is 0.438 bits per heavy atom. The zero-order valence-electron chi connectivity index (χ0n) is 69.0. The second kappa shape index (κ2) is 77.4. The number of rotatable bonds is 85. The molecule has 0 aliphatic carbocycles. The number of phosphoric ester groups is 2. The van der Waals surface area contributed by atoms with E-state index in [1.807, 2.05) is 0 Å². The van der Waals surface area contributed by atoms with Crippen molar-refractivity contribution in [2.45, 2.75) is 477 Å². The van der Waals surface area contributed by atoms with Crippen molar-refractivity contribution in [1.82, 2.24) is 0 Å². The normalized spacial score (nSPS) is 13.8. The van der Waals surface area contributed by atoms with Crippen LogP contribution in [0.2, 0.25) is 0 Å². The molecule has 2 unspecified atom stereocenters. The predicted molar refractivity (Wildman–Crippen MR) is 432 cm³/mol.